The molecule has 0 aromatic rings. The monoisotopic (exact) mass is 518 g/mol. The van der Waals surface area contributed by atoms with Gasteiger partial charge in [0.05, 0.1) is 25.3 Å². The Balaban J connectivity index is 0.00000676. The lowest BCUT2D eigenvalue weighted by Crippen LogP contribution is -2.48. The number of ether oxygens (including phenoxy) is 1. The van der Waals surface area contributed by atoms with Gasteiger partial charge in [0.1, 0.15) is 0 Å². The number of sulfonamides is 1. The average Bonchev–Trinajstić information content (AvgIpc) is 2.51. The van der Waals surface area contributed by atoms with Crippen molar-refractivity contribution in [2.75, 3.05) is 26.0 Å². The lowest BCUT2D eigenvalue weighted by atomic mass is 9.86. The molecule has 3 N–H and O–H groups in total. The van der Waals surface area contributed by atoms with Crippen LogP contribution in [0.2, 0.25) is 0 Å². The molecule has 0 unspecified atom stereocenters. The first-order valence-electron chi connectivity index (χ1n) is 9.26. The quantitative estimate of drug-likeness (QED) is 0.195. The van der Waals surface area contributed by atoms with Gasteiger partial charge in [0.2, 0.25) is 10.0 Å². The fourth-order valence-corrected chi connectivity index (χ4v) is 4.13. The van der Waals surface area contributed by atoms with Crippen molar-refractivity contribution < 1.29 is 17.9 Å². The molecule has 1 aliphatic rings. The Morgan fingerprint density at radius 2 is 1.78 bits per heavy atom. The molecular formula is C17H35IN4O4S. The second-order valence-corrected chi connectivity index (χ2v) is 9.15. The minimum absolute atomic E-state index is 0. The average molecular weight is 518 g/mol. The van der Waals surface area contributed by atoms with Crippen LogP contribution in [0, 0.1) is 5.92 Å². The number of nitrogens with zero attached hydrogens (tertiary/aromatic N) is 1. The first kappa shape index (κ1) is 26.4. The Bertz CT molecular complexity index is 588. The van der Waals surface area contributed by atoms with Crippen LogP contribution in [0.4, 0.5) is 0 Å². The van der Waals surface area contributed by atoms with E-state index < -0.39 is 15.6 Å². The highest BCUT2D eigenvalue weighted by Gasteiger charge is 2.28. The van der Waals surface area contributed by atoms with E-state index in [2.05, 4.69) is 20.3 Å². The summed E-state index contributed by atoms with van der Waals surface area (Å²) in [5.41, 5.74) is -0.669. The molecule has 0 bridgehead atoms. The van der Waals surface area contributed by atoms with Gasteiger partial charge in [0, 0.05) is 18.1 Å². The van der Waals surface area contributed by atoms with Gasteiger partial charge in [-0.25, -0.2) is 13.1 Å². The summed E-state index contributed by atoms with van der Waals surface area (Å²) in [7, 11) is -3.29. The molecule has 0 radical (unpaired) electrons. The highest BCUT2D eigenvalue weighted by atomic mass is 127. The summed E-state index contributed by atoms with van der Waals surface area (Å²) in [6, 6.07) is 0.240. The van der Waals surface area contributed by atoms with E-state index in [1.54, 1.807) is 13.8 Å². The van der Waals surface area contributed by atoms with E-state index in [-0.39, 0.29) is 41.9 Å². The van der Waals surface area contributed by atoms with Gasteiger partial charge in [-0.1, -0.05) is 0 Å². The van der Waals surface area contributed by atoms with E-state index in [1.807, 2.05) is 13.8 Å². The molecule has 27 heavy (non-hydrogen) atoms. The molecule has 0 aromatic heterocycles. The van der Waals surface area contributed by atoms with Crippen LogP contribution in [0.5, 0.6) is 0 Å². The van der Waals surface area contributed by atoms with Gasteiger partial charge in [-0.2, -0.15) is 0 Å². The Kier molecular flexibility index (Phi) is 11.8. The molecule has 0 aromatic carbocycles. The van der Waals surface area contributed by atoms with Crippen LogP contribution in [0.3, 0.4) is 0 Å². The Morgan fingerprint density at radius 3 is 2.26 bits per heavy atom. The lowest BCUT2D eigenvalue weighted by molar-refractivity contribution is -0.149. The molecule has 0 amide bonds. The molecular weight excluding hydrogens is 483 g/mol. The standard InChI is InChI=1S/C17H34N4O4S.HI/c1-6-18-16(19-12-17(3,4)21-26(5,23)24)20-14-10-8-13(9-11-14)15(22)25-7-2;/h13-14,21H,6-12H2,1-5H3,(H2,18,19,20);1H. The zero-order valence-corrected chi connectivity index (χ0v) is 20.1. The second-order valence-electron chi connectivity index (χ2n) is 7.40. The largest absolute Gasteiger partial charge is 0.466 e. The minimum atomic E-state index is -3.29. The van der Waals surface area contributed by atoms with Gasteiger partial charge in [-0.05, 0) is 53.4 Å². The summed E-state index contributed by atoms with van der Waals surface area (Å²) in [6.07, 6.45) is 4.50. The van der Waals surface area contributed by atoms with Crippen molar-refractivity contribution in [2.45, 2.75) is 65.0 Å². The normalized spacial score (nSPS) is 21.1. The third kappa shape index (κ3) is 11.1. The number of carbonyl (C=O) groups is 1. The maximum Gasteiger partial charge on any atom is 0.308 e. The van der Waals surface area contributed by atoms with Gasteiger partial charge in [-0.3, -0.25) is 9.79 Å². The molecule has 1 rings (SSSR count). The molecule has 0 saturated heterocycles. The van der Waals surface area contributed by atoms with Crippen molar-refractivity contribution in [2.24, 2.45) is 10.9 Å². The van der Waals surface area contributed by atoms with E-state index >= 15 is 0 Å². The minimum Gasteiger partial charge on any atom is -0.466 e. The van der Waals surface area contributed by atoms with Gasteiger partial charge in [-0.15, -0.1) is 24.0 Å². The molecule has 160 valence electrons. The van der Waals surface area contributed by atoms with Crippen molar-refractivity contribution in [3.63, 3.8) is 0 Å². The van der Waals surface area contributed by atoms with E-state index in [9.17, 15) is 13.2 Å². The fourth-order valence-electron chi connectivity index (χ4n) is 3.06. The summed E-state index contributed by atoms with van der Waals surface area (Å²) >= 11 is 0. The molecule has 1 aliphatic carbocycles. The molecule has 10 heteroatoms. The van der Waals surface area contributed by atoms with Gasteiger partial charge in [0.15, 0.2) is 5.96 Å². The topological polar surface area (TPSA) is 109 Å². The first-order chi connectivity index (χ1) is 12.1. The maximum atomic E-state index is 11.8. The van der Waals surface area contributed by atoms with Crippen LogP contribution < -0.4 is 15.4 Å². The van der Waals surface area contributed by atoms with Crippen molar-refractivity contribution in [3.05, 3.63) is 0 Å². The van der Waals surface area contributed by atoms with Crippen LogP contribution in [0.25, 0.3) is 0 Å². The highest BCUT2D eigenvalue weighted by Crippen LogP contribution is 2.25. The number of guanidine groups is 1. The summed E-state index contributed by atoms with van der Waals surface area (Å²) in [5.74, 6) is 0.556. The van der Waals surface area contributed by atoms with Crippen molar-refractivity contribution in [3.8, 4) is 0 Å². The Morgan fingerprint density at radius 1 is 1.19 bits per heavy atom. The number of esters is 1. The molecule has 0 spiro atoms. The number of carbonyl (C=O) groups excluding carboxylic acids is 1. The molecule has 1 saturated carbocycles. The number of rotatable bonds is 8. The molecule has 8 nitrogen and oxygen atoms in total. The van der Waals surface area contributed by atoms with Gasteiger partial charge >= 0.3 is 5.97 Å². The molecule has 0 aliphatic heterocycles. The number of aliphatic imine (C=N–C) groups is 1. The smallest absolute Gasteiger partial charge is 0.308 e. The number of halogens is 1. The summed E-state index contributed by atoms with van der Waals surface area (Å²) < 4.78 is 30.6. The van der Waals surface area contributed by atoms with Crippen molar-refractivity contribution >= 4 is 45.9 Å². The maximum absolute atomic E-state index is 11.8. The Hall–Kier alpha value is -0.620. The van der Waals surface area contributed by atoms with Crippen LogP contribution in [-0.2, 0) is 19.6 Å². The molecule has 0 atom stereocenters. The van der Waals surface area contributed by atoms with Crippen LogP contribution in [0.15, 0.2) is 4.99 Å². The highest BCUT2D eigenvalue weighted by molar-refractivity contribution is 14.0. The van der Waals surface area contributed by atoms with Crippen molar-refractivity contribution in [1.82, 2.24) is 15.4 Å². The van der Waals surface area contributed by atoms with E-state index in [4.69, 9.17) is 4.74 Å². The predicted octanol–water partition coefficient (Wildman–Crippen LogP) is 1.61. The number of hydrogen-bond donors (Lipinski definition) is 3. The van der Waals surface area contributed by atoms with Crippen LogP contribution in [0.1, 0.15) is 53.4 Å². The fraction of sp³-hybridized carbons (Fsp3) is 0.882. The predicted molar refractivity (Wildman–Crippen MR) is 119 cm³/mol. The first-order valence-corrected chi connectivity index (χ1v) is 11.2. The van der Waals surface area contributed by atoms with Gasteiger partial charge < -0.3 is 15.4 Å². The number of hydrogen-bond acceptors (Lipinski definition) is 5. The number of nitrogens with one attached hydrogen (secondary N) is 3. The lowest BCUT2D eigenvalue weighted by Gasteiger charge is -2.29. The third-order valence-electron chi connectivity index (χ3n) is 4.13. The molecule has 1 fully saturated rings. The van der Waals surface area contributed by atoms with E-state index in [1.165, 1.54) is 0 Å². The summed E-state index contributed by atoms with van der Waals surface area (Å²) in [6.45, 7) is 8.85. The van der Waals surface area contributed by atoms with Crippen molar-refractivity contribution in [1.29, 1.82) is 0 Å². The second kappa shape index (κ2) is 12.1. The Labute approximate surface area is 180 Å². The third-order valence-corrected chi connectivity index (χ3v) is 5.05. The van der Waals surface area contributed by atoms with E-state index in [0.29, 0.717) is 25.7 Å². The molecule has 0 heterocycles. The zero-order chi connectivity index (χ0) is 19.8. The zero-order valence-electron chi connectivity index (χ0n) is 17.0. The summed E-state index contributed by atoms with van der Waals surface area (Å²) in [4.78, 5) is 16.3. The van der Waals surface area contributed by atoms with Crippen LogP contribution >= 0.6 is 24.0 Å². The summed E-state index contributed by atoms with van der Waals surface area (Å²) in [5, 5.41) is 6.58. The van der Waals surface area contributed by atoms with Crippen LogP contribution in [-0.4, -0.2) is 57.9 Å². The van der Waals surface area contributed by atoms with E-state index in [0.717, 1.165) is 31.9 Å². The SMILES string of the molecule is CCNC(=NCC(C)(C)NS(C)(=O)=O)NC1CCC(C(=O)OCC)CC1.I. The van der Waals surface area contributed by atoms with Gasteiger partial charge in [0.25, 0.3) is 0 Å².